The van der Waals surface area contributed by atoms with E-state index in [2.05, 4.69) is 32.6 Å². The summed E-state index contributed by atoms with van der Waals surface area (Å²) in [5, 5.41) is 5.32. The van der Waals surface area contributed by atoms with Crippen molar-refractivity contribution in [3.8, 4) is 0 Å². The van der Waals surface area contributed by atoms with E-state index in [0.717, 1.165) is 31.9 Å². The van der Waals surface area contributed by atoms with Gasteiger partial charge in [-0.1, -0.05) is 18.2 Å². The number of hydrogen-bond donors (Lipinski definition) is 2. The molecular weight excluding hydrogens is 424 g/mol. The molecular formula is C24H34N4O5. The molecule has 1 atom stereocenters. The van der Waals surface area contributed by atoms with Crippen molar-refractivity contribution < 1.29 is 23.5 Å². The zero-order chi connectivity index (χ0) is 23.5. The Morgan fingerprint density at radius 1 is 0.909 bits per heavy atom. The van der Waals surface area contributed by atoms with E-state index in [1.807, 2.05) is 44.2 Å². The minimum Gasteiger partial charge on any atom is -0.468 e. The number of nitrogens with one attached hydrogen (secondary N) is 2. The van der Waals surface area contributed by atoms with Crippen LogP contribution in [0.15, 0.2) is 53.1 Å². The van der Waals surface area contributed by atoms with Gasteiger partial charge in [-0.15, -0.1) is 0 Å². The van der Waals surface area contributed by atoms with E-state index in [1.165, 1.54) is 5.69 Å². The number of rotatable bonds is 11. The van der Waals surface area contributed by atoms with Crippen molar-refractivity contribution in [1.82, 2.24) is 15.5 Å². The van der Waals surface area contributed by atoms with Crippen LogP contribution in [0.3, 0.4) is 0 Å². The Labute approximate surface area is 195 Å². The monoisotopic (exact) mass is 458 g/mol. The second-order valence-corrected chi connectivity index (χ2v) is 7.65. The number of para-hydroxylation sites is 1. The first kappa shape index (κ1) is 24.8. The molecule has 1 aliphatic rings. The van der Waals surface area contributed by atoms with E-state index in [0.29, 0.717) is 13.2 Å². The molecule has 1 aromatic carbocycles. The van der Waals surface area contributed by atoms with E-state index < -0.39 is 18.1 Å². The van der Waals surface area contributed by atoms with Gasteiger partial charge < -0.3 is 29.4 Å². The van der Waals surface area contributed by atoms with Crippen molar-refractivity contribution in [3.05, 3.63) is 54.5 Å². The fourth-order valence-corrected chi connectivity index (χ4v) is 3.88. The summed E-state index contributed by atoms with van der Waals surface area (Å²) in [5.41, 5.74) is 1.20. The summed E-state index contributed by atoms with van der Waals surface area (Å²) in [6.45, 7) is 8.33. The van der Waals surface area contributed by atoms with Gasteiger partial charge >= 0.3 is 11.8 Å². The van der Waals surface area contributed by atoms with Crippen LogP contribution in [0.4, 0.5) is 5.69 Å². The minimum atomic E-state index is -0.716. The Balaban J connectivity index is 1.52. The fraction of sp³-hybridized carbons (Fsp3) is 0.500. The molecule has 9 nitrogen and oxygen atoms in total. The number of benzene rings is 1. The Morgan fingerprint density at radius 2 is 1.55 bits per heavy atom. The number of piperazine rings is 1. The van der Waals surface area contributed by atoms with Crippen molar-refractivity contribution in [1.29, 1.82) is 0 Å². The van der Waals surface area contributed by atoms with Crippen molar-refractivity contribution in [2.75, 3.05) is 57.4 Å². The summed E-state index contributed by atoms with van der Waals surface area (Å²) in [7, 11) is 0. The van der Waals surface area contributed by atoms with Gasteiger partial charge in [0.1, 0.15) is 5.76 Å². The second kappa shape index (κ2) is 13.0. The Bertz CT molecular complexity index is 832. The minimum absolute atomic E-state index is 0.108. The molecule has 0 spiro atoms. The van der Waals surface area contributed by atoms with Crippen molar-refractivity contribution in [2.24, 2.45) is 0 Å². The number of hydrogen-bond acceptors (Lipinski definition) is 7. The molecule has 2 aromatic rings. The maximum absolute atomic E-state index is 12.4. The number of carbonyl (C=O) groups is 2. The molecule has 33 heavy (non-hydrogen) atoms. The first-order valence-corrected chi connectivity index (χ1v) is 11.5. The van der Waals surface area contributed by atoms with Gasteiger partial charge in [0.25, 0.3) is 0 Å². The Morgan fingerprint density at radius 3 is 2.12 bits per heavy atom. The molecule has 1 saturated heterocycles. The highest BCUT2D eigenvalue weighted by Crippen LogP contribution is 2.24. The highest BCUT2D eigenvalue weighted by atomic mass is 16.7. The van der Waals surface area contributed by atoms with Crippen LogP contribution in [0, 0.1) is 0 Å². The van der Waals surface area contributed by atoms with Gasteiger partial charge in [0, 0.05) is 51.6 Å². The molecule has 1 fully saturated rings. The Hall–Kier alpha value is -2.88. The van der Waals surface area contributed by atoms with Crippen LogP contribution in [0.2, 0.25) is 0 Å². The molecule has 2 N–H and O–H groups in total. The topological polar surface area (TPSA) is 96.3 Å². The number of carbonyl (C=O) groups excluding carboxylic acids is 2. The predicted molar refractivity (Wildman–Crippen MR) is 125 cm³/mol. The first-order chi connectivity index (χ1) is 16.1. The third-order valence-electron chi connectivity index (χ3n) is 5.54. The number of amides is 2. The van der Waals surface area contributed by atoms with Gasteiger partial charge in [0.2, 0.25) is 0 Å². The smallest absolute Gasteiger partial charge is 0.309 e. The summed E-state index contributed by atoms with van der Waals surface area (Å²) >= 11 is 0. The molecule has 9 heteroatoms. The largest absolute Gasteiger partial charge is 0.468 e. The van der Waals surface area contributed by atoms with Crippen molar-refractivity contribution in [2.45, 2.75) is 26.2 Å². The van der Waals surface area contributed by atoms with Crippen LogP contribution in [0.5, 0.6) is 0 Å². The van der Waals surface area contributed by atoms with E-state index in [9.17, 15) is 9.59 Å². The van der Waals surface area contributed by atoms with E-state index in [4.69, 9.17) is 13.9 Å². The highest BCUT2D eigenvalue weighted by molar-refractivity contribution is 6.35. The number of nitrogens with zero attached hydrogens (tertiary/aromatic N) is 2. The van der Waals surface area contributed by atoms with Crippen molar-refractivity contribution in [3.63, 3.8) is 0 Å². The molecule has 3 rings (SSSR count). The van der Waals surface area contributed by atoms with E-state index >= 15 is 0 Å². The maximum atomic E-state index is 12.4. The van der Waals surface area contributed by atoms with Gasteiger partial charge in [0.15, 0.2) is 6.29 Å². The quantitative estimate of drug-likeness (QED) is 0.391. The van der Waals surface area contributed by atoms with E-state index in [-0.39, 0.29) is 19.1 Å². The molecule has 0 bridgehead atoms. The lowest BCUT2D eigenvalue weighted by Crippen LogP contribution is -2.51. The van der Waals surface area contributed by atoms with Crippen LogP contribution in [0.25, 0.3) is 0 Å². The van der Waals surface area contributed by atoms with Crippen molar-refractivity contribution >= 4 is 17.5 Å². The highest BCUT2D eigenvalue weighted by Gasteiger charge is 2.28. The van der Waals surface area contributed by atoms with Crippen LogP contribution in [0.1, 0.15) is 25.6 Å². The zero-order valence-corrected chi connectivity index (χ0v) is 19.4. The van der Waals surface area contributed by atoms with Gasteiger partial charge in [-0.2, -0.15) is 0 Å². The van der Waals surface area contributed by atoms with Gasteiger partial charge in [0.05, 0.1) is 18.8 Å². The Kier molecular flexibility index (Phi) is 9.74. The average molecular weight is 459 g/mol. The average Bonchev–Trinajstić information content (AvgIpc) is 3.38. The first-order valence-electron chi connectivity index (χ1n) is 11.5. The van der Waals surface area contributed by atoms with Gasteiger partial charge in [-0.3, -0.25) is 14.5 Å². The van der Waals surface area contributed by atoms with Gasteiger partial charge in [-0.05, 0) is 38.1 Å². The number of ether oxygens (including phenoxy) is 2. The second-order valence-electron chi connectivity index (χ2n) is 7.65. The van der Waals surface area contributed by atoms with E-state index in [1.54, 1.807) is 6.26 Å². The fourth-order valence-electron chi connectivity index (χ4n) is 3.88. The summed E-state index contributed by atoms with van der Waals surface area (Å²) in [6.07, 6.45) is 1.05. The molecule has 180 valence electrons. The zero-order valence-electron chi connectivity index (χ0n) is 19.4. The lowest BCUT2D eigenvalue weighted by Gasteiger charge is -2.39. The van der Waals surface area contributed by atoms with Crippen LogP contribution in [-0.2, 0) is 19.1 Å². The molecule has 2 heterocycles. The molecule has 1 aliphatic heterocycles. The van der Waals surface area contributed by atoms with Crippen LogP contribution >= 0.6 is 0 Å². The molecule has 2 amide bonds. The maximum Gasteiger partial charge on any atom is 0.309 e. The predicted octanol–water partition coefficient (Wildman–Crippen LogP) is 1.77. The number of anilines is 1. The van der Waals surface area contributed by atoms with Crippen LogP contribution < -0.4 is 15.5 Å². The third-order valence-corrected chi connectivity index (χ3v) is 5.54. The standard InChI is InChI=1S/C24H34N4O5/c1-3-31-22(32-4-2)18-26-24(30)23(29)25-17-20(21-11-8-16-33-21)28-14-12-27(13-15-28)19-9-6-5-7-10-19/h5-11,16,20,22H,3-4,12-15,17-18H2,1-2H3,(H,25,29)(H,26,30)/t20-/m1/s1. The lowest BCUT2D eigenvalue weighted by atomic mass is 10.1. The SMILES string of the molecule is CCOC(CNC(=O)C(=O)NC[C@H](c1ccco1)N1CCN(c2ccccc2)CC1)OCC. The molecule has 0 aliphatic carbocycles. The summed E-state index contributed by atoms with van der Waals surface area (Å²) in [4.78, 5) is 29.3. The molecule has 1 aromatic heterocycles. The number of furan rings is 1. The molecule has 0 unspecified atom stereocenters. The normalized spacial score (nSPS) is 15.4. The lowest BCUT2D eigenvalue weighted by molar-refractivity contribution is -0.146. The summed E-state index contributed by atoms with van der Waals surface area (Å²) in [6, 6.07) is 13.9. The van der Waals surface area contributed by atoms with Crippen LogP contribution in [-0.4, -0.2) is 75.5 Å². The molecule has 0 saturated carbocycles. The van der Waals surface area contributed by atoms with Gasteiger partial charge in [-0.25, -0.2) is 0 Å². The molecule has 0 radical (unpaired) electrons. The summed E-state index contributed by atoms with van der Waals surface area (Å²) in [5.74, 6) is -0.649. The third kappa shape index (κ3) is 7.31. The summed E-state index contributed by atoms with van der Waals surface area (Å²) < 4.78 is 16.4.